The number of primary amides is 1. The van der Waals surface area contributed by atoms with Crippen molar-refractivity contribution in [2.75, 3.05) is 14.1 Å². The highest BCUT2D eigenvalue weighted by Crippen LogP contribution is 2.56. The number of fused-ring (bicyclic) bond motifs is 3. The molecule has 1 saturated carbocycles. The third-order valence-corrected chi connectivity index (χ3v) is 8.59. The van der Waals surface area contributed by atoms with Gasteiger partial charge in [0.1, 0.15) is 22.8 Å². The number of hydrogen-bond acceptors (Lipinski definition) is 9. The molecule has 4 rings (SSSR count). The van der Waals surface area contributed by atoms with Crippen molar-refractivity contribution in [2.45, 2.75) is 70.6 Å². The number of rotatable bonds is 5. The van der Waals surface area contributed by atoms with Crippen molar-refractivity contribution in [3.8, 4) is 5.75 Å². The van der Waals surface area contributed by atoms with Crippen molar-refractivity contribution < 1.29 is 39.9 Å². The molecule has 0 spiro atoms. The summed E-state index contributed by atoms with van der Waals surface area (Å²) in [6, 6.07) is 2.14. The first-order valence-corrected chi connectivity index (χ1v) is 13.1. The number of Topliss-reactive ketones (excluding diaryl/α,β-unsaturated/α-hetero) is 2. The van der Waals surface area contributed by atoms with Gasteiger partial charge in [0.2, 0.25) is 5.78 Å². The van der Waals surface area contributed by atoms with Crippen LogP contribution in [-0.4, -0.2) is 79.7 Å². The number of aromatic hydroxyl groups is 1. The van der Waals surface area contributed by atoms with Crippen LogP contribution >= 0.6 is 0 Å². The Morgan fingerprint density at radius 2 is 1.74 bits per heavy atom. The monoisotopic (exact) mass is 542 g/mol. The van der Waals surface area contributed by atoms with Crippen molar-refractivity contribution in [3.63, 3.8) is 0 Å². The van der Waals surface area contributed by atoms with Crippen LogP contribution in [0.1, 0.15) is 63.1 Å². The van der Waals surface area contributed by atoms with E-state index in [9.17, 15) is 39.9 Å². The summed E-state index contributed by atoms with van der Waals surface area (Å²) in [5.74, 6) is -8.74. The van der Waals surface area contributed by atoms with Gasteiger partial charge in [-0.3, -0.25) is 19.3 Å². The van der Waals surface area contributed by atoms with Crippen molar-refractivity contribution in [1.29, 1.82) is 0 Å². The molecule has 0 aliphatic heterocycles. The quantitative estimate of drug-likeness (QED) is 0.303. The fourth-order valence-electron chi connectivity index (χ4n) is 6.67. The summed E-state index contributed by atoms with van der Waals surface area (Å²) >= 11 is 0. The van der Waals surface area contributed by atoms with Gasteiger partial charge in [-0.05, 0) is 55.8 Å². The van der Waals surface area contributed by atoms with Crippen molar-refractivity contribution in [2.24, 2.45) is 23.0 Å². The molecular formula is C29H38N2O8. The summed E-state index contributed by atoms with van der Waals surface area (Å²) in [7, 11) is 2.95. The van der Waals surface area contributed by atoms with Gasteiger partial charge in [0.05, 0.1) is 23.6 Å². The molecule has 1 amide bonds. The highest BCUT2D eigenvalue weighted by atomic mass is 16.4. The highest BCUT2D eigenvalue weighted by molar-refractivity contribution is 6.24. The Bertz CT molecular complexity index is 1320. The maximum Gasteiger partial charge on any atom is 0.255 e. The molecule has 6 atom stereocenters. The number of phenolic OH excluding ortho intramolecular Hbond substituents is 1. The average molecular weight is 543 g/mol. The van der Waals surface area contributed by atoms with E-state index < -0.39 is 70.1 Å². The van der Waals surface area contributed by atoms with Crippen molar-refractivity contribution >= 4 is 23.2 Å². The summed E-state index contributed by atoms with van der Waals surface area (Å²) in [6.07, 6.45) is 0.596. The lowest BCUT2D eigenvalue weighted by Gasteiger charge is -2.53. The molecule has 1 fully saturated rings. The first-order chi connectivity index (χ1) is 18.0. The number of aliphatic hydroxyl groups excluding tert-OH is 3. The third-order valence-electron chi connectivity index (χ3n) is 8.59. The third kappa shape index (κ3) is 4.16. The number of ketones is 2. The summed E-state index contributed by atoms with van der Waals surface area (Å²) in [6.45, 7) is 8.06. The van der Waals surface area contributed by atoms with Gasteiger partial charge >= 0.3 is 0 Å². The van der Waals surface area contributed by atoms with E-state index in [4.69, 9.17) is 5.73 Å². The molecule has 0 radical (unpaired) electrons. The molecule has 0 bridgehead atoms. The zero-order chi connectivity index (χ0) is 29.4. The number of carbonyl (C=O) groups excluding carboxylic acids is 3. The number of likely N-dealkylation sites (N-methyl/N-ethyl adjacent to an activating group) is 1. The van der Waals surface area contributed by atoms with E-state index >= 15 is 0 Å². The maximum absolute atomic E-state index is 14.0. The average Bonchev–Trinajstić information content (AvgIpc) is 2.81. The van der Waals surface area contributed by atoms with Crippen LogP contribution in [0.15, 0.2) is 29.0 Å². The number of nitrogens with zero attached hydrogens (tertiary/aromatic N) is 1. The van der Waals surface area contributed by atoms with Crippen molar-refractivity contribution in [1.82, 2.24) is 4.90 Å². The Hall–Kier alpha value is -3.21. The Balaban J connectivity index is 1.92. The van der Waals surface area contributed by atoms with Gasteiger partial charge in [-0.25, -0.2) is 0 Å². The van der Waals surface area contributed by atoms with Crippen LogP contribution in [0, 0.1) is 17.3 Å². The second kappa shape index (κ2) is 9.46. The SMILES string of the molecule is C[C@H]1c2ccc(CCCC(C)(C)C)c(O)c2C(O)=C2C(=O)[C@]3(O)C(O)=C(C(N)=O)C(=O)[C@@H](N(C)C)[C@@H]3[C@@H](O)[C@@H]21. The zero-order valence-electron chi connectivity index (χ0n) is 23.1. The number of nitrogens with two attached hydrogens (primary N) is 1. The number of aliphatic hydroxyl groups is 4. The normalized spacial score (nSPS) is 30.8. The molecule has 10 heteroatoms. The molecule has 212 valence electrons. The number of benzene rings is 1. The lowest BCUT2D eigenvalue weighted by atomic mass is 9.54. The Labute approximate surface area is 227 Å². The summed E-state index contributed by atoms with van der Waals surface area (Å²) in [5, 5.41) is 57.0. The molecule has 1 aromatic carbocycles. The molecule has 0 heterocycles. The Morgan fingerprint density at radius 3 is 2.28 bits per heavy atom. The maximum atomic E-state index is 14.0. The lowest BCUT2D eigenvalue weighted by Crippen LogP contribution is -2.70. The number of hydrogen-bond donors (Lipinski definition) is 6. The number of phenols is 1. The Morgan fingerprint density at radius 1 is 1.13 bits per heavy atom. The lowest BCUT2D eigenvalue weighted by molar-refractivity contribution is -0.169. The van der Waals surface area contributed by atoms with Crippen LogP contribution in [0.3, 0.4) is 0 Å². The first-order valence-electron chi connectivity index (χ1n) is 13.1. The molecule has 0 saturated heterocycles. The highest BCUT2D eigenvalue weighted by Gasteiger charge is 2.68. The number of aryl methyl sites for hydroxylation is 1. The minimum atomic E-state index is -2.91. The standard InChI is InChI=1S/C29H38N2O8/c1-12-14-10-9-13(8-7-11-28(2,3)4)21(32)16(14)22(33)17-15(12)23(34)19-20(31(5)6)24(35)18(27(30)38)26(37)29(19,39)25(17)36/h9-10,12,15,19-20,23,32-34,37,39H,7-8,11H2,1-6H3,(H2,30,38)/t12-,15+,19+,20-,23-,29-/m0/s1. The number of carbonyl (C=O) groups is 3. The van der Waals surface area contributed by atoms with Crippen molar-refractivity contribution in [3.05, 3.63) is 45.7 Å². The van der Waals surface area contributed by atoms with E-state index in [0.717, 1.165) is 12.8 Å². The van der Waals surface area contributed by atoms with Gasteiger partial charge in [0.25, 0.3) is 5.91 Å². The zero-order valence-corrected chi connectivity index (χ0v) is 23.1. The second-order valence-electron chi connectivity index (χ2n) is 12.5. The van der Waals surface area contributed by atoms with Gasteiger partial charge < -0.3 is 31.3 Å². The fraction of sp³-hybridized carbons (Fsp3) is 0.552. The molecule has 0 unspecified atom stereocenters. The van der Waals surface area contributed by atoms with E-state index in [0.29, 0.717) is 17.5 Å². The molecule has 39 heavy (non-hydrogen) atoms. The van der Waals surface area contributed by atoms with Crippen LogP contribution in [0.4, 0.5) is 0 Å². The molecule has 1 aromatic rings. The molecule has 0 aromatic heterocycles. The smallest absolute Gasteiger partial charge is 0.255 e. The Kier molecular flexibility index (Phi) is 6.99. The van der Waals surface area contributed by atoms with Crippen LogP contribution < -0.4 is 5.73 Å². The van der Waals surface area contributed by atoms with Gasteiger partial charge in [-0.1, -0.05) is 39.8 Å². The minimum Gasteiger partial charge on any atom is -0.508 e. The molecule has 10 nitrogen and oxygen atoms in total. The predicted molar refractivity (Wildman–Crippen MR) is 143 cm³/mol. The molecular weight excluding hydrogens is 504 g/mol. The second-order valence-corrected chi connectivity index (χ2v) is 12.5. The van der Waals surface area contributed by atoms with E-state index in [1.54, 1.807) is 19.1 Å². The predicted octanol–water partition coefficient (Wildman–Crippen LogP) is 1.86. The minimum absolute atomic E-state index is 0.0271. The summed E-state index contributed by atoms with van der Waals surface area (Å²) in [4.78, 5) is 40.7. The number of amides is 1. The van der Waals surface area contributed by atoms with Gasteiger partial charge in [0, 0.05) is 11.5 Å². The van der Waals surface area contributed by atoms with Crippen LogP contribution in [0.5, 0.6) is 5.75 Å². The summed E-state index contributed by atoms with van der Waals surface area (Å²) < 4.78 is 0. The van der Waals surface area contributed by atoms with Crippen LogP contribution in [0.25, 0.3) is 5.76 Å². The van der Waals surface area contributed by atoms with Gasteiger partial charge in [0.15, 0.2) is 11.4 Å². The van der Waals surface area contributed by atoms with Crippen LogP contribution in [-0.2, 0) is 20.8 Å². The van der Waals surface area contributed by atoms with E-state index in [1.807, 2.05) is 0 Å². The van der Waals surface area contributed by atoms with Crippen LogP contribution in [0.2, 0.25) is 0 Å². The largest absolute Gasteiger partial charge is 0.508 e. The fourth-order valence-corrected chi connectivity index (χ4v) is 6.67. The van der Waals surface area contributed by atoms with E-state index in [-0.39, 0.29) is 22.3 Å². The topological polar surface area (TPSA) is 182 Å². The molecule has 3 aliphatic carbocycles. The molecule has 7 N–H and O–H groups in total. The first kappa shape index (κ1) is 28.8. The summed E-state index contributed by atoms with van der Waals surface area (Å²) in [5.41, 5.74) is 2.31. The van der Waals surface area contributed by atoms with E-state index in [1.165, 1.54) is 19.0 Å². The van der Waals surface area contributed by atoms with Gasteiger partial charge in [-0.15, -0.1) is 0 Å². The van der Waals surface area contributed by atoms with E-state index in [2.05, 4.69) is 20.8 Å². The van der Waals surface area contributed by atoms with Gasteiger partial charge in [-0.2, -0.15) is 0 Å². The molecule has 3 aliphatic rings.